The third-order valence-corrected chi connectivity index (χ3v) is 2.31. The van der Waals surface area contributed by atoms with Gasteiger partial charge < -0.3 is 0 Å². The number of aromatic nitrogens is 2. The van der Waals surface area contributed by atoms with Crippen molar-refractivity contribution in [2.24, 2.45) is 0 Å². The van der Waals surface area contributed by atoms with Gasteiger partial charge in [0.2, 0.25) is 0 Å². The van der Waals surface area contributed by atoms with Crippen molar-refractivity contribution in [1.82, 2.24) is 10.2 Å². The Kier molecular flexibility index (Phi) is 0.987. The molecule has 1 heterocycles. The second kappa shape index (κ2) is 1.97. The van der Waals surface area contributed by atoms with E-state index in [1.165, 1.54) is 16.6 Å². The van der Waals surface area contributed by atoms with Crippen LogP contribution in [-0.2, 0) is 6.42 Å². The summed E-state index contributed by atoms with van der Waals surface area (Å²) in [7, 11) is 0. The second-order valence-corrected chi connectivity index (χ2v) is 3.05. The first-order chi connectivity index (χ1) is 5.95. The Hall–Kier alpha value is -1.57. The molecule has 0 aliphatic heterocycles. The molecule has 1 aliphatic rings. The third kappa shape index (κ3) is 0.619. The van der Waals surface area contributed by atoms with E-state index in [1.807, 2.05) is 0 Å². The van der Waals surface area contributed by atoms with Crippen LogP contribution in [0.4, 0.5) is 0 Å². The minimum atomic E-state index is 0.955. The molecule has 1 aromatic carbocycles. The first-order valence-electron chi connectivity index (χ1n) is 4.08. The number of hydrogen-bond donors (Lipinski definition) is 1. The molecule has 0 fully saturated rings. The summed E-state index contributed by atoms with van der Waals surface area (Å²) >= 11 is 0. The van der Waals surface area contributed by atoms with Crippen LogP contribution in [0.15, 0.2) is 24.3 Å². The highest BCUT2D eigenvalue weighted by Crippen LogP contribution is 2.25. The van der Waals surface area contributed by atoms with Crippen molar-refractivity contribution in [3.05, 3.63) is 35.5 Å². The molecule has 0 saturated carbocycles. The molecule has 1 aromatic heterocycles. The zero-order valence-electron chi connectivity index (χ0n) is 6.54. The average molecular weight is 156 g/mol. The Morgan fingerprint density at radius 1 is 1.33 bits per heavy atom. The Balaban J connectivity index is 2.57. The molecule has 0 atom stereocenters. The fraction of sp³-hybridized carbons (Fsp3) is 0.100. The third-order valence-electron chi connectivity index (χ3n) is 2.31. The lowest BCUT2D eigenvalue weighted by Gasteiger charge is -2.02. The van der Waals surface area contributed by atoms with Gasteiger partial charge in [-0.1, -0.05) is 24.3 Å². The number of aromatic amines is 1. The summed E-state index contributed by atoms with van der Waals surface area (Å²) in [4.78, 5) is 0. The molecule has 0 unspecified atom stereocenters. The largest absolute Gasteiger partial charge is 0.278 e. The predicted octanol–water partition coefficient (Wildman–Crippen LogP) is 2.13. The van der Waals surface area contributed by atoms with Gasteiger partial charge in [0, 0.05) is 11.8 Å². The molecule has 1 aliphatic carbocycles. The van der Waals surface area contributed by atoms with E-state index >= 15 is 0 Å². The van der Waals surface area contributed by atoms with Crippen LogP contribution in [0.5, 0.6) is 0 Å². The number of nitrogens with zero attached hydrogens (tertiary/aromatic N) is 1. The summed E-state index contributed by atoms with van der Waals surface area (Å²) in [5, 5.41) is 8.57. The Morgan fingerprint density at radius 2 is 2.33 bits per heavy atom. The summed E-state index contributed by atoms with van der Waals surface area (Å²) < 4.78 is 0. The molecular weight excluding hydrogens is 148 g/mol. The van der Waals surface area contributed by atoms with E-state index in [-0.39, 0.29) is 0 Å². The molecule has 0 radical (unpaired) electrons. The van der Waals surface area contributed by atoms with Crippen molar-refractivity contribution in [3.63, 3.8) is 0 Å². The highest BCUT2D eigenvalue weighted by Gasteiger charge is 2.09. The summed E-state index contributed by atoms with van der Waals surface area (Å²) in [6, 6.07) is 6.24. The molecule has 12 heavy (non-hydrogen) atoms. The molecule has 1 N–H and O–H groups in total. The van der Waals surface area contributed by atoms with Crippen molar-refractivity contribution < 1.29 is 0 Å². The fourth-order valence-electron chi connectivity index (χ4n) is 1.75. The highest BCUT2D eigenvalue weighted by molar-refractivity contribution is 5.91. The second-order valence-electron chi connectivity index (χ2n) is 3.05. The van der Waals surface area contributed by atoms with Crippen LogP contribution < -0.4 is 0 Å². The van der Waals surface area contributed by atoms with E-state index in [2.05, 4.69) is 40.5 Å². The molecule has 0 bridgehead atoms. The van der Waals surface area contributed by atoms with Gasteiger partial charge in [-0.15, -0.1) is 0 Å². The average Bonchev–Trinajstić information content (AvgIpc) is 2.52. The lowest BCUT2D eigenvalue weighted by Crippen LogP contribution is -1.88. The smallest absolute Gasteiger partial charge is 0.0744 e. The van der Waals surface area contributed by atoms with Crippen LogP contribution in [-0.4, -0.2) is 10.2 Å². The summed E-state index contributed by atoms with van der Waals surface area (Å²) in [6.07, 6.45) is 5.26. The van der Waals surface area contributed by atoms with E-state index < -0.39 is 0 Å². The normalized spacial score (nSPS) is 14.0. The van der Waals surface area contributed by atoms with Gasteiger partial charge in [-0.05, 0) is 11.6 Å². The molecule has 0 saturated heterocycles. The summed E-state index contributed by atoms with van der Waals surface area (Å²) in [5.41, 5.74) is 3.59. The van der Waals surface area contributed by atoms with Gasteiger partial charge in [0.15, 0.2) is 0 Å². The van der Waals surface area contributed by atoms with Gasteiger partial charge >= 0.3 is 0 Å². The van der Waals surface area contributed by atoms with Crippen molar-refractivity contribution in [1.29, 1.82) is 0 Å². The lowest BCUT2D eigenvalue weighted by molar-refractivity contribution is 1.03. The monoisotopic (exact) mass is 156 g/mol. The quantitative estimate of drug-likeness (QED) is 0.622. The van der Waals surface area contributed by atoms with Gasteiger partial charge in [-0.3, -0.25) is 5.10 Å². The van der Waals surface area contributed by atoms with Crippen LogP contribution in [0.25, 0.3) is 17.0 Å². The molecule has 58 valence electrons. The zero-order valence-corrected chi connectivity index (χ0v) is 6.54. The molecule has 2 aromatic rings. The Bertz CT molecular complexity index is 466. The number of H-pyrrole nitrogens is 1. The van der Waals surface area contributed by atoms with E-state index in [0.29, 0.717) is 0 Å². The number of benzene rings is 1. The molecule has 0 amide bonds. The predicted molar refractivity (Wildman–Crippen MR) is 48.8 cm³/mol. The van der Waals surface area contributed by atoms with Crippen molar-refractivity contribution >= 4 is 17.0 Å². The minimum absolute atomic E-state index is 0.955. The van der Waals surface area contributed by atoms with E-state index in [0.717, 1.165) is 11.9 Å². The van der Waals surface area contributed by atoms with E-state index in [1.54, 1.807) is 0 Å². The molecule has 2 heteroatoms. The van der Waals surface area contributed by atoms with Crippen LogP contribution >= 0.6 is 0 Å². The topological polar surface area (TPSA) is 28.7 Å². The summed E-state index contributed by atoms with van der Waals surface area (Å²) in [5.74, 6) is 0. The van der Waals surface area contributed by atoms with E-state index in [9.17, 15) is 0 Å². The van der Waals surface area contributed by atoms with Gasteiger partial charge in [0.05, 0.1) is 11.2 Å². The first-order valence-corrected chi connectivity index (χ1v) is 4.08. The van der Waals surface area contributed by atoms with Crippen molar-refractivity contribution in [3.8, 4) is 0 Å². The van der Waals surface area contributed by atoms with Gasteiger partial charge in [-0.25, -0.2) is 0 Å². The van der Waals surface area contributed by atoms with Gasteiger partial charge in [-0.2, -0.15) is 5.10 Å². The van der Waals surface area contributed by atoms with Crippen LogP contribution in [0.3, 0.4) is 0 Å². The Labute approximate surface area is 69.9 Å². The SMILES string of the molecule is C1=Cc2cccc3[nH]nc(c23)C1. The van der Waals surface area contributed by atoms with E-state index in [4.69, 9.17) is 0 Å². The molecular formula is C10H8N2. The first kappa shape index (κ1) is 6.00. The lowest BCUT2D eigenvalue weighted by atomic mass is 10.0. The van der Waals surface area contributed by atoms with Crippen LogP contribution in [0.1, 0.15) is 11.3 Å². The van der Waals surface area contributed by atoms with Crippen LogP contribution in [0.2, 0.25) is 0 Å². The molecule has 3 rings (SSSR count). The maximum atomic E-state index is 4.25. The molecule has 0 spiro atoms. The highest BCUT2D eigenvalue weighted by atomic mass is 15.1. The fourth-order valence-corrected chi connectivity index (χ4v) is 1.75. The van der Waals surface area contributed by atoms with Crippen LogP contribution in [0, 0.1) is 0 Å². The maximum absolute atomic E-state index is 4.25. The summed E-state index contributed by atoms with van der Waals surface area (Å²) in [6.45, 7) is 0. The minimum Gasteiger partial charge on any atom is -0.278 e. The van der Waals surface area contributed by atoms with Gasteiger partial charge in [0.25, 0.3) is 0 Å². The number of hydrogen-bond acceptors (Lipinski definition) is 1. The zero-order chi connectivity index (χ0) is 7.97. The number of nitrogens with one attached hydrogen (secondary N) is 1. The maximum Gasteiger partial charge on any atom is 0.0744 e. The van der Waals surface area contributed by atoms with Crippen molar-refractivity contribution in [2.75, 3.05) is 0 Å². The standard InChI is InChI=1S/C10H8N2/c1-3-7-4-2-6-9-10(7)8(5-1)11-12-9/h1-5H,6H2,(H,11,12). The Morgan fingerprint density at radius 3 is 3.33 bits per heavy atom. The number of rotatable bonds is 0. The van der Waals surface area contributed by atoms with Gasteiger partial charge in [0.1, 0.15) is 0 Å². The molecule has 2 nitrogen and oxygen atoms in total. The van der Waals surface area contributed by atoms with Crippen molar-refractivity contribution in [2.45, 2.75) is 6.42 Å². The number of allylic oxidation sites excluding steroid dienone is 1.